The summed E-state index contributed by atoms with van der Waals surface area (Å²) < 4.78 is 13.0. The van der Waals surface area contributed by atoms with Gasteiger partial charge in [-0.25, -0.2) is 9.69 Å². The van der Waals surface area contributed by atoms with Crippen LogP contribution < -0.4 is 10.4 Å². The predicted octanol–water partition coefficient (Wildman–Crippen LogP) is 6.56. The van der Waals surface area contributed by atoms with Crippen LogP contribution in [0, 0.1) is 17.8 Å². The number of hydrogen-bond donors (Lipinski definition) is 0. The molecule has 2 amide bonds. The highest BCUT2D eigenvalue weighted by atomic mass is 28.4. The van der Waals surface area contributed by atoms with Crippen LogP contribution in [0.2, 0.25) is 5.04 Å². The van der Waals surface area contributed by atoms with E-state index in [1.54, 1.807) is 0 Å². The fraction of sp³-hybridized carbons (Fsp3) is 0.515. The second-order valence-electron chi connectivity index (χ2n) is 13.1. The largest absolute Gasteiger partial charge is 0.441 e. The van der Waals surface area contributed by atoms with Gasteiger partial charge in [0.25, 0.3) is 14.2 Å². The van der Waals surface area contributed by atoms with Crippen LogP contribution in [-0.2, 0) is 14.0 Å². The molecular formula is C33H47NO4Si. The fourth-order valence-corrected chi connectivity index (χ4v) is 11.2. The summed E-state index contributed by atoms with van der Waals surface area (Å²) in [7, 11) is -2.78. The van der Waals surface area contributed by atoms with Gasteiger partial charge in [0.2, 0.25) is 0 Å². The van der Waals surface area contributed by atoms with Crippen LogP contribution in [0.3, 0.4) is 0 Å². The summed E-state index contributed by atoms with van der Waals surface area (Å²) in [6.45, 7) is 21.0. The van der Waals surface area contributed by atoms with Crippen LogP contribution >= 0.6 is 0 Å². The molecular weight excluding hydrogens is 502 g/mol. The van der Waals surface area contributed by atoms with Gasteiger partial charge in [-0.1, -0.05) is 122 Å². The summed E-state index contributed by atoms with van der Waals surface area (Å²) in [6.07, 6.45) is 2.71. The summed E-state index contributed by atoms with van der Waals surface area (Å²) in [5.74, 6) is -0.146. The van der Waals surface area contributed by atoms with Gasteiger partial charge in [0.1, 0.15) is 5.60 Å². The molecule has 1 heterocycles. The van der Waals surface area contributed by atoms with Gasteiger partial charge in [-0.05, 0) is 47.0 Å². The van der Waals surface area contributed by atoms with Crippen molar-refractivity contribution in [1.82, 2.24) is 4.90 Å². The maximum atomic E-state index is 13.3. The number of nitrogens with zero attached hydrogens (tertiary/aromatic N) is 1. The lowest BCUT2D eigenvalue weighted by atomic mass is 9.89. The fourth-order valence-electron chi connectivity index (χ4n) is 6.26. The van der Waals surface area contributed by atoms with E-state index < -0.39 is 20.0 Å². The minimum absolute atomic E-state index is 0.0697. The monoisotopic (exact) mass is 549 g/mol. The Kier molecular flexibility index (Phi) is 9.34. The van der Waals surface area contributed by atoms with Crippen molar-refractivity contribution in [2.24, 2.45) is 17.8 Å². The van der Waals surface area contributed by atoms with Crippen LogP contribution in [0.1, 0.15) is 69.2 Å². The molecule has 0 radical (unpaired) electrons. The van der Waals surface area contributed by atoms with Crippen LogP contribution in [0.25, 0.3) is 0 Å². The minimum atomic E-state index is -2.78. The Hall–Kier alpha value is -2.70. The third-order valence-corrected chi connectivity index (χ3v) is 12.9. The molecule has 212 valence electrons. The summed E-state index contributed by atoms with van der Waals surface area (Å²) in [4.78, 5) is 27.3. The zero-order valence-electron chi connectivity index (χ0n) is 25.4. The molecule has 0 aliphatic carbocycles. The smallest absolute Gasteiger partial charge is 0.417 e. The number of imide groups is 1. The van der Waals surface area contributed by atoms with Crippen molar-refractivity contribution in [3.63, 3.8) is 0 Å². The Labute approximate surface area is 236 Å². The van der Waals surface area contributed by atoms with E-state index >= 15 is 0 Å². The maximum Gasteiger partial charge on any atom is 0.417 e. The SMILES string of the molecule is CC(C)C1N(C(=O)/C=C/[C@H](C)[C@H](O[Si](c2ccccc2)(c2ccccc2)C(C)(C)C)C(C)C)C(=O)OC1(C)C. The first-order valence-electron chi connectivity index (χ1n) is 14.2. The molecule has 1 unspecified atom stereocenters. The van der Waals surface area contributed by atoms with Crippen molar-refractivity contribution in [2.45, 2.75) is 92.0 Å². The van der Waals surface area contributed by atoms with E-state index in [9.17, 15) is 9.59 Å². The average molecular weight is 550 g/mol. The third-order valence-electron chi connectivity index (χ3n) is 7.85. The number of benzene rings is 2. The second kappa shape index (κ2) is 11.8. The zero-order chi connectivity index (χ0) is 29.2. The number of cyclic esters (lactones) is 1. The molecule has 2 aromatic rings. The molecule has 3 atom stereocenters. The number of carbonyl (C=O) groups excluding carboxylic acids is 2. The van der Waals surface area contributed by atoms with Crippen LogP contribution in [0.15, 0.2) is 72.8 Å². The maximum absolute atomic E-state index is 13.3. The van der Waals surface area contributed by atoms with Crippen molar-refractivity contribution in [2.75, 3.05) is 0 Å². The van der Waals surface area contributed by atoms with E-state index in [1.165, 1.54) is 21.3 Å². The highest BCUT2D eigenvalue weighted by Gasteiger charge is 2.53. The summed E-state index contributed by atoms with van der Waals surface area (Å²) in [6, 6.07) is 20.9. The first kappa shape index (κ1) is 30.8. The van der Waals surface area contributed by atoms with E-state index in [0.29, 0.717) is 0 Å². The third kappa shape index (κ3) is 6.22. The number of ether oxygens (including phenoxy) is 1. The number of carbonyl (C=O) groups is 2. The van der Waals surface area contributed by atoms with Crippen LogP contribution in [0.5, 0.6) is 0 Å². The van der Waals surface area contributed by atoms with Gasteiger partial charge < -0.3 is 9.16 Å². The molecule has 6 heteroatoms. The normalized spacial score (nSPS) is 19.5. The number of amides is 2. The van der Waals surface area contributed by atoms with Crippen LogP contribution in [0.4, 0.5) is 4.79 Å². The Morgan fingerprint density at radius 1 is 0.949 bits per heavy atom. The minimum Gasteiger partial charge on any atom is -0.441 e. The molecule has 0 spiro atoms. The quantitative estimate of drug-likeness (QED) is 0.263. The standard InChI is InChI=1S/C33H47NO4Si/c1-23(2)29(25(5)21-22-28(35)34-30(24(3)4)33(9,10)37-31(34)36)38-39(32(6,7)8,26-17-13-11-14-18-26)27-19-15-12-16-20-27/h11-25,29-30H,1-10H3/b22-21+/t25-,29+,30?/m0/s1. The van der Waals surface area contributed by atoms with Gasteiger partial charge in [0.15, 0.2) is 0 Å². The van der Waals surface area contributed by atoms with E-state index in [4.69, 9.17) is 9.16 Å². The van der Waals surface area contributed by atoms with Gasteiger partial charge in [0, 0.05) is 6.08 Å². The van der Waals surface area contributed by atoms with E-state index in [1.807, 2.05) is 45.9 Å². The lowest BCUT2D eigenvalue weighted by Gasteiger charge is -2.47. The van der Waals surface area contributed by atoms with E-state index in [2.05, 4.69) is 90.1 Å². The molecule has 1 aliphatic rings. The molecule has 0 N–H and O–H groups in total. The highest BCUT2D eigenvalue weighted by molar-refractivity contribution is 6.99. The molecule has 3 rings (SSSR count). The molecule has 5 nitrogen and oxygen atoms in total. The van der Waals surface area contributed by atoms with Crippen molar-refractivity contribution in [3.05, 3.63) is 72.8 Å². The molecule has 1 saturated heterocycles. The molecule has 1 aliphatic heterocycles. The average Bonchev–Trinajstić information content (AvgIpc) is 3.11. The molecule has 0 aromatic heterocycles. The molecule has 2 aromatic carbocycles. The number of hydrogen-bond acceptors (Lipinski definition) is 4. The lowest BCUT2D eigenvalue weighted by Crippen LogP contribution is -2.68. The second-order valence-corrected chi connectivity index (χ2v) is 17.3. The van der Waals surface area contributed by atoms with Gasteiger partial charge in [-0.15, -0.1) is 0 Å². The van der Waals surface area contributed by atoms with Gasteiger partial charge >= 0.3 is 6.09 Å². The molecule has 0 saturated carbocycles. The zero-order valence-corrected chi connectivity index (χ0v) is 26.4. The first-order chi connectivity index (χ1) is 18.1. The van der Waals surface area contributed by atoms with E-state index in [0.717, 1.165) is 0 Å². The van der Waals surface area contributed by atoms with Gasteiger partial charge in [-0.3, -0.25) is 4.79 Å². The van der Waals surface area contributed by atoms with Crippen molar-refractivity contribution in [3.8, 4) is 0 Å². The highest BCUT2D eigenvalue weighted by Crippen LogP contribution is 2.39. The number of rotatable bonds is 9. The molecule has 0 bridgehead atoms. The van der Waals surface area contributed by atoms with E-state index in [-0.39, 0.29) is 40.8 Å². The predicted molar refractivity (Wildman–Crippen MR) is 162 cm³/mol. The Balaban J connectivity index is 2.00. The lowest BCUT2D eigenvalue weighted by molar-refractivity contribution is -0.125. The van der Waals surface area contributed by atoms with Crippen molar-refractivity contribution >= 4 is 30.7 Å². The van der Waals surface area contributed by atoms with Gasteiger partial charge in [-0.2, -0.15) is 0 Å². The summed E-state index contributed by atoms with van der Waals surface area (Å²) >= 11 is 0. The summed E-state index contributed by atoms with van der Waals surface area (Å²) in [5, 5.41) is 2.30. The first-order valence-corrected chi connectivity index (χ1v) is 16.1. The van der Waals surface area contributed by atoms with Crippen molar-refractivity contribution in [1.29, 1.82) is 0 Å². The van der Waals surface area contributed by atoms with Crippen LogP contribution in [-0.4, -0.2) is 43.0 Å². The van der Waals surface area contributed by atoms with Crippen molar-refractivity contribution < 1.29 is 18.8 Å². The topological polar surface area (TPSA) is 55.8 Å². The molecule has 39 heavy (non-hydrogen) atoms. The summed E-state index contributed by atoms with van der Waals surface area (Å²) in [5.41, 5.74) is -0.729. The Morgan fingerprint density at radius 3 is 1.85 bits per heavy atom. The Morgan fingerprint density at radius 2 is 1.44 bits per heavy atom. The Bertz CT molecular complexity index is 1110. The van der Waals surface area contributed by atoms with Gasteiger partial charge in [0.05, 0.1) is 12.1 Å². The molecule has 1 fully saturated rings.